The molecule has 1 N–H and O–H groups in total. The first-order chi connectivity index (χ1) is 9.26. The van der Waals surface area contributed by atoms with Gasteiger partial charge in [0.2, 0.25) is 0 Å². The first-order valence-corrected chi connectivity index (χ1v) is 6.77. The van der Waals surface area contributed by atoms with Crippen molar-refractivity contribution in [2.24, 2.45) is 16.9 Å². The second-order valence-electron chi connectivity index (χ2n) is 5.36. The van der Waals surface area contributed by atoms with Gasteiger partial charge >= 0.3 is 0 Å². The molecule has 0 aliphatic heterocycles. The van der Waals surface area contributed by atoms with Crippen molar-refractivity contribution in [1.82, 2.24) is 5.43 Å². The Labute approximate surface area is 112 Å². The molecule has 2 fully saturated rings. The van der Waals surface area contributed by atoms with Gasteiger partial charge in [0.05, 0.1) is 7.11 Å². The summed E-state index contributed by atoms with van der Waals surface area (Å²) in [5, 5.41) is 4.31. The summed E-state index contributed by atoms with van der Waals surface area (Å²) < 4.78 is 5.11. The summed E-state index contributed by atoms with van der Waals surface area (Å²) in [7, 11) is 1.59. The van der Waals surface area contributed by atoms with E-state index in [1.54, 1.807) is 25.3 Å². The van der Waals surface area contributed by atoms with Gasteiger partial charge in [-0.1, -0.05) is 6.07 Å². The molecule has 100 valence electrons. The van der Waals surface area contributed by atoms with E-state index in [9.17, 15) is 4.79 Å². The minimum Gasteiger partial charge on any atom is -0.497 e. The minimum atomic E-state index is -0.172. The van der Waals surface area contributed by atoms with Crippen LogP contribution in [0.25, 0.3) is 0 Å². The molecule has 2 unspecified atom stereocenters. The van der Waals surface area contributed by atoms with Gasteiger partial charge in [-0.15, -0.1) is 0 Å². The van der Waals surface area contributed by atoms with Crippen molar-refractivity contribution in [3.8, 4) is 5.75 Å². The van der Waals surface area contributed by atoms with E-state index in [0.29, 0.717) is 17.2 Å². The minimum absolute atomic E-state index is 0.172. The van der Waals surface area contributed by atoms with Gasteiger partial charge in [0.25, 0.3) is 5.91 Å². The van der Waals surface area contributed by atoms with Crippen LogP contribution in [0.5, 0.6) is 5.75 Å². The topological polar surface area (TPSA) is 50.7 Å². The number of benzene rings is 1. The number of carbonyl (C=O) groups excluding carboxylic acids is 1. The van der Waals surface area contributed by atoms with Gasteiger partial charge in [-0.25, -0.2) is 5.43 Å². The van der Waals surface area contributed by atoms with Crippen LogP contribution in [0.2, 0.25) is 0 Å². The Morgan fingerprint density at radius 2 is 2.32 bits per heavy atom. The first kappa shape index (κ1) is 12.2. The fourth-order valence-electron chi connectivity index (χ4n) is 3.11. The van der Waals surface area contributed by atoms with Crippen molar-refractivity contribution >= 4 is 11.6 Å². The van der Waals surface area contributed by atoms with Crippen molar-refractivity contribution in [3.63, 3.8) is 0 Å². The van der Waals surface area contributed by atoms with Crippen LogP contribution >= 0.6 is 0 Å². The lowest BCUT2D eigenvalue weighted by atomic mass is 9.99. The fourth-order valence-corrected chi connectivity index (χ4v) is 3.11. The predicted octanol–water partition coefficient (Wildman–Crippen LogP) is 2.60. The van der Waals surface area contributed by atoms with E-state index in [-0.39, 0.29) is 5.91 Å². The molecule has 2 saturated carbocycles. The number of hydrogen-bond donors (Lipinski definition) is 1. The molecule has 4 nitrogen and oxygen atoms in total. The van der Waals surface area contributed by atoms with Crippen LogP contribution in [-0.4, -0.2) is 18.7 Å². The zero-order chi connectivity index (χ0) is 13.2. The van der Waals surface area contributed by atoms with Crippen LogP contribution < -0.4 is 10.2 Å². The number of amides is 1. The largest absolute Gasteiger partial charge is 0.497 e. The molecule has 2 atom stereocenters. The van der Waals surface area contributed by atoms with Gasteiger partial charge < -0.3 is 4.74 Å². The molecule has 19 heavy (non-hydrogen) atoms. The van der Waals surface area contributed by atoms with Crippen LogP contribution in [0.4, 0.5) is 0 Å². The number of fused-ring (bicyclic) bond motifs is 2. The predicted molar refractivity (Wildman–Crippen MR) is 73.3 cm³/mol. The molecule has 0 saturated heterocycles. The molecule has 4 heteroatoms. The number of hydrogen-bond acceptors (Lipinski definition) is 3. The van der Waals surface area contributed by atoms with Crippen LogP contribution in [-0.2, 0) is 0 Å². The van der Waals surface area contributed by atoms with Crippen LogP contribution in [0.15, 0.2) is 29.4 Å². The monoisotopic (exact) mass is 258 g/mol. The molecule has 0 spiro atoms. The van der Waals surface area contributed by atoms with E-state index in [1.807, 2.05) is 6.07 Å². The molecule has 2 bridgehead atoms. The van der Waals surface area contributed by atoms with E-state index in [1.165, 1.54) is 25.0 Å². The lowest BCUT2D eigenvalue weighted by Crippen LogP contribution is -2.21. The summed E-state index contributed by atoms with van der Waals surface area (Å²) in [6.45, 7) is 0. The number of methoxy groups -OCH3 is 1. The smallest absolute Gasteiger partial charge is 0.271 e. The summed E-state index contributed by atoms with van der Waals surface area (Å²) in [4.78, 5) is 12.0. The maximum Gasteiger partial charge on any atom is 0.271 e. The summed E-state index contributed by atoms with van der Waals surface area (Å²) in [6.07, 6.45) is 4.88. The van der Waals surface area contributed by atoms with E-state index < -0.39 is 0 Å². The van der Waals surface area contributed by atoms with Crippen LogP contribution in [0, 0.1) is 11.8 Å². The molecule has 3 rings (SSSR count). The van der Waals surface area contributed by atoms with Gasteiger partial charge in [0, 0.05) is 11.3 Å². The molecule has 1 aromatic rings. The van der Waals surface area contributed by atoms with Crippen molar-refractivity contribution in [1.29, 1.82) is 0 Å². The maximum atomic E-state index is 12.0. The van der Waals surface area contributed by atoms with E-state index in [4.69, 9.17) is 4.74 Å². The molecule has 2 aliphatic rings. The zero-order valence-electron chi connectivity index (χ0n) is 11.1. The Bertz CT molecular complexity index is 525. The number of rotatable bonds is 3. The molecule has 2 aliphatic carbocycles. The van der Waals surface area contributed by atoms with Gasteiger partial charge in [-0.3, -0.25) is 4.79 Å². The number of carbonyl (C=O) groups is 1. The van der Waals surface area contributed by atoms with Gasteiger partial charge in [-0.2, -0.15) is 5.10 Å². The quantitative estimate of drug-likeness (QED) is 0.847. The van der Waals surface area contributed by atoms with E-state index in [0.717, 1.165) is 12.3 Å². The molecule has 1 aromatic carbocycles. The molecular weight excluding hydrogens is 240 g/mol. The number of nitrogens with one attached hydrogen (secondary N) is 1. The van der Waals surface area contributed by atoms with Crippen molar-refractivity contribution < 1.29 is 9.53 Å². The third kappa shape index (κ3) is 2.48. The highest BCUT2D eigenvalue weighted by Crippen LogP contribution is 2.42. The second kappa shape index (κ2) is 5.03. The first-order valence-electron chi connectivity index (χ1n) is 6.77. The molecule has 1 amide bonds. The highest BCUT2D eigenvalue weighted by Gasteiger charge is 2.36. The summed E-state index contributed by atoms with van der Waals surface area (Å²) >= 11 is 0. The Balaban J connectivity index is 1.66. The lowest BCUT2D eigenvalue weighted by Gasteiger charge is -2.11. The fraction of sp³-hybridized carbons (Fsp3) is 0.467. The Kier molecular flexibility index (Phi) is 3.23. The highest BCUT2D eigenvalue weighted by atomic mass is 16.5. The zero-order valence-corrected chi connectivity index (χ0v) is 11.1. The number of hydrazone groups is 1. The summed E-state index contributed by atoms with van der Waals surface area (Å²) in [5.41, 5.74) is 4.42. The van der Waals surface area contributed by atoms with Crippen molar-refractivity contribution in [2.45, 2.75) is 25.7 Å². The van der Waals surface area contributed by atoms with Crippen molar-refractivity contribution in [3.05, 3.63) is 29.8 Å². The third-order valence-corrected chi connectivity index (χ3v) is 4.14. The SMILES string of the molecule is COc1cccc(C(=O)N/N=C2\CC3CCC2C3)c1. The maximum absolute atomic E-state index is 12.0. The van der Waals surface area contributed by atoms with Crippen molar-refractivity contribution in [2.75, 3.05) is 7.11 Å². The molecule has 0 radical (unpaired) electrons. The van der Waals surface area contributed by atoms with Crippen LogP contribution in [0.3, 0.4) is 0 Å². The number of ether oxygens (including phenoxy) is 1. The van der Waals surface area contributed by atoms with E-state index in [2.05, 4.69) is 10.5 Å². The molecular formula is C15H18N2O2. The Hall–Kier alpha value is -1.84. The van der Waals surface area contributed by atoms with Gasteiger partial charge in [0.15, 0.2) is 0 Å². The Morgan fingerprint density at radius 3 is 3.00 bits per heavy atom. The summed E-state index contributed by atoms with van der Waals surface area (Å²) in [6, 6.07) is 7.10. The second-order valence-corrected chi connectivity index (χ2v) is 5.36. The standard InChI is InChI=1S/C15H18N2O2/c1-19-13-4-2-3-12(9-13)15(18)17-16-14-8-10-5-6-11(14)7-10/h2-4,9-11H,5-8H2,1H3,(H,17,18)/b16-14+. The normalized spacial score (nSPS) is 26.7. The van der Waals surface area contributed by atoms with Gasteiger partial charge in [-0.05, 0) is 55.7 Å². The highest BCUT2D eigenvalue weighted by molar-refractivity contribution is 5.96. The average Bonchev–Trinajstić information content (AvgIpc) is 3.07. The molecule has 0 aromatic heterocycles. The van der Waals surface area contributed by atoms with Crippen LogP contribution in [0.1, 0.15) is 36.0 Å². The number of nitrogens with zero attached hydrogens (tertiary/aromatic N) is 1. The van der Waals surface area contributed by atoms with Gasteiger partial charge in [0.1, 0.15) is 5.75 Å². The van der Waals surface area contributed by atoms with E-state index >= 15 is 0 Å². The average molecular weight is 258 g/mol. The Morgan fingerprint density at radius 1 is 1.42 bits per heavy atom. The molecule has 0 heterocycles. The summed E-state index contributed by atoms with van der Waals surface area (Å²) in [5.74, 6) is 1.92. The lowest BCUT2D eigenvalue weighted by molar-refractivity contribution is 0.0954. The third-order valence-electron chi connectivity index (χ3n) is 4.14.